The van der Waals surface area contributed by atoms with Gasteiger partial charge in [-0.15, -0.1) is 36.2 Å². The molecule has 26 heavy (non-hydrogen) atoms. The molecule has 1 aliphatic heterocycles. The number of halogens is 2. The van der Waals surface area contributed by atoms with Crippen LogP contribution in [-0.2, 0) is 17.8 Å². The summed E-state index contributed by atoms with van der Waals surface area (Å²) in [7, 11) is 0. The van der Waals surface area contributed by atoms with Crippen molar-refractivity contribution in [3.63, 3.8) is 0 Å². The van der Waals surface area contributed by atoms with Crippen molar-refractivity contribution in [3.05, 3.63) is 45.9 Å². The summed E-state index contributed by atoms with van der Waals surface area (Å²) in [6.07, 6.45) is 1.37. The van der Waals surface area contributed by atoms with Crippen molar-refractivity contribution in [3.8, 4) is 5.75 Å². The van der Waals surface area contributed by atoms with E-state index in [0.29, 0.717) is 25.5 Å². The lowest BCUT2D eigenvalue weighted by Crippen LogP contribution is -2.31. The maximum atomic E-state index is 12.3. The summed E-state index contributed by atoms with van der Waals surface area (Å²) in [5, 5.41) is 2.84. The number of hydrogen-bond acceptors (Lipinski definition) is 5. The number of benzene rings is 1. The van der Waals surface area contributed by atoms with Gasteiger partial charge in [-0.05, 0) is 37.9 Å². The zero-order valence-electron chi connectivity index (χ0n) is 14.7. The maximum Gasteiger partial charge on any atom is 0.228 e. The monoisotopic (exact) mass is 417 g/mol. The van der Waals surface area contributed by atoms with Gasteiger partial charge in [0.25, 0.3) is 0 Å². The van der Waals surface area contributed by atoms with Crippen molar-refractivity contribution in [1.29, 1.82) is 0 Å². The second-order valence-corrected chi connectivity index (χ2v) is 7.18. The predicted octanol–water partition coefficient (Wildman–Crippen LogP) is 3.22. The van der Waals surface area contributed by atoms with Crippen LogP contribution in [0.1, 0.15) is 22.7 Å². The quantitative estimate of drug-likeness (QED) is 0.782. The second kappa shape index (κ2) is 10.7. The van der Waals surface area contributed by atoms with Crippen LogP contribution in [0.25, 0.3) is 0 Å². The molecule has 1 aromatic carbocycles. The van der Waals surface area contributed by atoms with E-state index in [9.17, 15) is 4.79 Å². The van der Waals surface area contributed by atoms with Gasteiger partial charge in [0.1, 0.15) is 17.4 Å². The Morgan fingerprint density at radius 3 is 2.73 bits per heavy atom. The van der Waals surface area contributed by atoms with Crippen molar-refractivity contribution in [2.45, 2.75) is 26.4 Å². The van der Waals surface area contributed by atoms with E-state index in [1.54, 1.807) is 0 Å². The van der Waals surface area contributed by atoms with Crippen LogP contribution in [0.5, 0.6) is 5.75 Å². The first-order chi connectivity index (χ1) is 11.6. The van der Waals surface area contributed by atoms with Gasteiger partial charge in [-0.3, -0.25) is 4.79 Å². The van der Waals surface area contributed by atoms with Crippen LogP contribution in [0.4, 0.5) is 0 Å². The number of likely N-dealkylation sites (tertiary alicyclic amines) is 1. The van der Waals surface area contributed by atoms with Crippen molar-refractivity contribution in [2.24, 2.45) is 11.7 Å². The Bertz CT molecular complexity index is 694. The number of nitrogens with two attached hydrogens (primary N) is 1. The molecule has 0 bridgehead atoms. The molecule has 144 valence electrons. The Morgan fingerprint density at radius 2 is 2.08 bits per heavy atom. The van der Waals surface area contributed by atoms with Crippen LogP contribution in [0.3, 0.4) is 0 Å². The largest absolute Gasteiger partial charge is 0.486 e. The summed E-state index contributed by atoms with van der Waals surface area (Å²) in [6.45, 7) is 4.73. The average molecular weight is 418 g/mol. The predicted molar refractivity (Wildman–Crippen MR) is 110 cm³/mol. The number of carbonyl (C=O) groups is 1. The zero-order valence-corrected chi connectivity index (χ0v) is 17.2. The summed E-state index contributed by atoms with van der Waals surface area (Å²) in [5.74, 6) is 1.42. The standard InChI is InChI=1S/C18H23N3O2S.2ClH/c1-13-2-4-16(5-3-13)23-11-17-20-15(12-24-17)8-18(22)21-7-6-14(9-19)10-21;;/h2-5,12,14H,6-11,19H2,1H3;2*1H. The highest BCUT2D eigenvalue weighted by atomic mass is 35.5. The molecule has 1 aliphatic rings. The molecule has 3 rings (SSSR count). The molecule has 1 amide bonds. The van der Waals surface area contributed by atoms with Crippen LogP contribution >= 0.6 is 36.2 Å². The van der Waals surface area contributed by atoms with Gasteiger partial charge in [0.05, 0.1) is 12.1 Å². The third-order valence-corrected chi connectivity index (χ3v) is 5.16. The molecule has 0 saturated carbocycles. The summed E-state index contributed by atoms with van der Waals surface area (Å²) in [4.78, 5) is 18.7. The molecule has 0 aliphatic carbocycles. The van der Waals surface area contributed by atoms with E-state index >= 15 is 0 Å². The van der Waals surface area contributed by atoms with Crippen LogP contribution in [0, 0.1) is 12.8 Å². The van der Waals surface area contributed by atoms with Gasteiger partial charge in [0, 0.05) is 18.5 Å². The van der Waals surface area contributed by atoms with Crippen LogP contribution in [0.2, 0.25) is 0 Å². The molecular formula is C18H25Cl2N3O2S. The topological polar surface area (TPSA) is 68.5 Å². The molecule has 0 spiro atoms. The first-order valence-corrected chi connectivity index (χ1v) is 9.12. The number of nitrogens with zero attached hydrogens (tertiary/aromatic N) is 2. The van der Waals surface area contributed by atoms with Gasteiger partial charge in [-0.2, -0.15) is 0 Å². The van der Waals surface area contributed by atoms with E-state index in [1.807, 2.05) is 41.5 Å². The highest BCUT2D eigenvalue weighted by molar-refractivity contribution is 7.09. The summed E-state index contributed by atoms with van der Waals surface area (Å²) in [5.41, 5.74) is 7.71. The molecule has 5 nitrogen and oxygen atoms in total. The minimum Gasteiger partial charge on any atom is -0.486 e. The molecule has 2 heterocycles. The maximum absolute atomic E-state index is 12.3. The van der Waals surface area contributed by atoms with E-state index in [0.717, 1.165) is 36.0 Å². The molecule has 1 saturated heterocycles. The number of aryl methyl sites for hydroxylation is 1. The molecule has 8 heteroatoms. The number of carbonyl (C=O) groups excluding carboxylic acids is 1. The minimum atomic E-state index is 0. The number of hydrogen-bond donors (Lipinski definition) is 1. The molecule has 0 radical (unpaired) electrons. The fraction of sp³-hybridized carbons (Fsp3) is 0.444. The van der Waals surface area contributed by atoms with Crippen LogP contribution in [-0.4, -0.2) is 35.4 Å². The fourth-order valence-electron chi connectivity index (χ4n) is 2.79. The molecular weight excluding hydrogens is 393 g/mol. The van der Waals surface area contributed by atoms with E-state index in [4.69, 9.17) is 10.5 Å². The highest BCUT2D eigenvalue weighted by Gasteiger charge is 2.25. The summed E-state index contributed by atoms with van der Waals surface area (Å²) >= 11 is 1.53. The smallest absolute Gasteiger partial charge is 0.228 e. The molecule has 2 N–H and O–H groups in total. The third-order valence-electron chi connectivity index (χ3n) is 4.29. The SMILES string of the molecule is Cc1ccc(OCc2nc(CC(=O)N3CCC(CN)C3)cs2)cc1.Cl.Cl. The third kappa shape index (κ3) is 6.13. The normalized spacial score (nSPS) is 15.9. The Hall–Kier alpha value is -1.34. The Morgan fingerprint density at radius 1 is 1.35 bits per heavy atom. The number of rotatable bonds is 6. The summed E-state index contributed by atoms with van der Waals surface area (Å²) in [6, 6.07) is 7.95. The number of thiazole rings is 1. The lowest BCUT2D eigenvalue weighted by molar-refractivity contribution is -0.129. The van der Waals surface area contributed by atoms with Gasteiger partial charge in [0.15, 0.2) is 0 Å². The fourth-order valence-corrected chi connectivity index (χ4v) is 3.50. The Labute approximate surface area is 170 Å². The molecule has 2 aromatic rings. The van der Waals surface area contributed by atoms with Gasteiger partial charge < -0.3 is 15.4 Å². The van der Waals surface area contributed by atoms with Crippen molar-refractivity contribution in [2.75, 3.05) is 19.6 Å². The number of ether oxygens (including phenoxy) is 1. The minimum absolute atomic E-state index is 0. The lowest BCUT2D eigenvalue weighted by atomic mass is 10.1. The van der Waals surface area contributed by atoms with E-state index in [-0.39, 0.29) is 30.7 Å². The van der Waals surface area contributed by atoms with Crippen molar-refractivity contribution in [1.82, 2.24) is 9.88 Å². The van der Waals surface area contributed by atoms with E-state index in [2.05, 4.69) is 4.98 Å². The first-order valence-electron chi connectivity index (χ1n) is 8.24. The molecule has 1 atom stereocenters. The lowest BCUT2D eigenvalue weighted by Gasteiger charge is -2.15. The number of amides is 1. The average Bonchev–Trinajstić information content (AvgIpc) is 3.23. The highest BCUT2D eigenvalue weighted by Crippen LogP contribution is 2.19. The van der Waals surface area contributed by atoms with Crippen molar-refractivity contribution < 1.29 is 9.53 Å². The Kier molecular flexibility index (Phi) is 9.36. The van der Waals surface area contributed by atoms with Crippen LogP contribution in [0.15, 0.2) is 29.6 Å². The van der Waals surface area contributed by atoms with Crippen molar-refractivity contribution >= 4 is 42.1 Å². The molecule has 1 unspecified atom stereocenters. The summed E-state index contributed by atoms with van der Waals surface area (Å²) < 4.78 is 5.73. The van der Waals surface area contributed by atoms with Gasteiger partial charge in [-0.1, -0.05) is 17.7 Å². The molecule has 1 aromatic heterocycles. The van der Waals surface area contributed by atoms with Gasteiger partial charge in [0.2, 0.25) is 5.91 Å². The first kappa shape index (κ1) is 22.7. The second-order valence-electron chi connectivity index (χ2n) is 6.24. The Balaban J connectivity index is 0.00000169. The number of aromatic nitrogens is 1. The van der Waals surface area contributed by atoms with E-state index in [1.165, 1.54) is 16.9 Å². The van der Waals surface area contributed by atoms with Crippen LogP contribution < -0.4 is 10.5 Å². The van der Waals surface area contributed by atoms with Gasteiger partial charge in [-0.25, -0.2) is 4.98 Å². The van der Waals surface area contributed by atoms with Gasteiger partial charge >= 0.3 is 0 Å². The molecule has 1 fully saturated rings. The zero-order chi connectivity index (χ0) is 16.9. The van der Waals surface area contributed by atoms with E-state index < -0.39 is 0 Å².